The minimum Gasteiger partial charge on any atom is -0.480 e. The molecule has 6 amide bonds. The first-order chi connectivity index (χ1) is 33.0. The highest BCUT2D eigenvalue weighted by molar-refractivity contribution is 9.08. The maximum absolute atomic E-state index is 12.3. The van der Waals surface area contributed by atoms with Crippen LogP contribution in [0.4, 0.5) is 0 Å². The Hall–Kier alpha value is -6.20. The van der Waals surface area contributed by atoms with Gasteiger partial charge in [-0.15, -0.1) is 0 Å². The monoisotopic (exact) mass is 1080 g/mol. The van der Waals surface area contributed by atoms with Crippen LogP contribution in [0, 0.1) is 0 Å². The van der Waals surface area contributed by atoms with E-state index in [2.05, 4.69) is 47.8 Å². The van der Waals surface area contributed by atoms with Crippen LogP contribution in [0.15, 0.2) is 0 Å². The van der Waals surface area contributed by atoms with Gasteiger partial charge >= 0.3 is 35.8 Å². The molecule has 402 valence electrons. The summed E-state index contributed by atoms with van der Waals surface area (Å²) in [7, 11) is 0. The van der Waals surface area contributed by atoms with Gasteiger partial charge in [0.2, 0.25) is 35.4 Å². The standard InChI is InChI=1S/C24H39N7O15.C12H27N7O3.CH3Br/c32-16(7-29(10-19(35)36)11-20(37)38)25-1-4-28(5-2-26-17(33)8-30(12-21(39)40)13-22(41)42)6-3-27-18(34)9-31(14-23(43)44)15-24(45)46;13-7-10(20)16-1-4-19(5-2-17-11(21)8-14)6-3-18-12(22)9-15;1-2/h1-15H2,(H,25,32)(H,26,33)(H,27,34)(H,35,36)(H,37,38)(H,39,40)(H,41,42)(H,43,44)(H,45,46);1-9,13-15H2,(H,16,20)(H,17,21)(H,18,22);1H3. The summed E-state index contributed by atoms with van der Waals surface area (Å²) < 4.78 is 0. The number of amides is 6. The first kappa shape index (κ1) is 68.1. The fourth-order valence-corrected chi connectivity index (χ4v) is 5.44. The van der Waals surface area contributed by atoms with Crippen LogP contribution in [-0.4, -0.2) is 289 Å². The van der Waals surface area contributed by atoms with E-state index in [1.54, 1.807) is 4.90 Å². The Bertz CT molecular complexity index is 1430. The number of carbonyl (C=O) groups is 12. The van der Waals surface area contributed by atoms with Gasteiger partial charge in [0.05, 0.1) is 78.5 Å². The topological polar surface area (TPSA) is 493 Å². The predicted molar refractivity (Wildman–Crippen MR) is 248 cm³/mol. The van der Waals surface area contributed by atoms with Crippen LogP contribution in [0.5, 0.6) is 0 Å². The molecular formula is C37H69BrN14O18. The van der Waals surface area contributed by atoms with E-state index in [1.807, 2.05) is 10.7 Å². The zero-order chi connectivity index (χ0) is 54.0. The molecular weight excluding hydrogens is 1010 g/mol. The molecule has 0 aliphatic heterocycles. The van der Waals surface area contributed by atoms with E-state index in [0.29, 0.717) is 39.3 Å². The van der Waals surface area contributed by atoms with Crippen LogP contribution < -0.4 is 49.1 Å². The average molecular weight is 1080 g/mol. The van der Waals surface area contributed by atoms with Crippen LogP contribution in [0.2, 0.25) is 0 Å². The van der Waals surface area contributed by atoms with Gasteiger partial charge < -0.3 is 79.7 Å². The first-order valence-electron chi connectivity index (χ1n) is 21.0. The van der Waals surface area contributed by atoms with Crippen LogP contribution in [-0.2, 0) is 57.5 Å². The molecule has 0 radical (unpaired) electrons. The Kier molecular flexibility index (Phi) is 41.7. The van der Waals surface area contributed by atoms with E-state index in [1.165, 1.54) is 0 Å². The summed E-state index contributed by atoms with van der Waals surface area (Å²) in [6.45, 7) is -2.72. The summed E-state index contributed by atoms with van der Waals surface area (Å²) in [5, 5.41) is 68.9. The molecule has 0 aromatic heterocycles. The number of nitrogens with zero attached hydrogens (tertiary/aromatic N) is 5. The molecule has 0 aliphatic carbocycles. The van der Waals surface area contributed by atoms with Crippen molar-refractivity contribution >= 4 is 87.2 Å². The molecule has 0 heterocycles. The van der Waals surface area contributed by atoms with Crippen molar-refractivity contribution in [2.24, 2.45) is 17.2 Å². The van der Waals surface area contributed by atoms with Crippen LogP contribution in [0.1, 0.15) is 0 Å². The quantitative estimate of drug-likeness (QED) is 0.0254. The summed E-state index contributed by atoms with van der Waals surface area (Å²) in [6, 6.07) is 0. The lowest BCUT2D eigenvalue weighted by molar-refractivity contribution is -0.144. The van der Waals surface area contributed by atoms with Crippen molar-refractivity contribution in [1.82, 2.24) is 56.4 Å². The number of alkyl halides is 1. The van der Waals surface area contributed by atoms with Crippen molar-refractivity contribution in [3.63, 3.8) is 0 Å². The number of carboxylic acids is 6. The van der Waals surface area contributed by atoms with Gasteiger partial charge in [0.25, 0.3) is 0 Å². The smallest absolute Gasteiger partial charge is 0.317 e. The van der Waals surface area contributed by atoms with E-state index in [9.17, 15) is 57.5 Å². The highest BCUT2D eigenvalue weighted by atomic mass is 79.9. The van der Waals surface area contributed by atoms with E-state index in [-0.39, 0.29) is 76.6 Å². The van der Waals surface area contributed by atoms with E-state index in [0.717, 1.165) is 14.7 Å². The molecule has 0 saturated heterocycles. The van der Waals surface area contributed by atoms with Crippen molar-refractivity contribution in [3.8, 4) is 0 Å². The van der Waals surface area contributed by atoms with Crippen molar-refractivity contribution in [2.45, 2.75) is 0 Å². The Balaban J connectivity index is -0.00000156. The Morgan fingerprint density at radius 3 is 0.600 bits per heavy atom. The summed E-state index contributed by atoms with van der Waals surface area (Å²) in [5.41, 5.74) is 15.6. The van der Waals surface area contributed by atoms with Gasteiger partial charge in [-0.05, 0) is 5.83 Å². The molecule has 0 aliphatic rings. The fourth-order valence-electron chi connectivity index (χ4n) is 5.44. The second-order valence-corrected chi connectivity index (χ2v) is 14.2. The molecule has 0 spiro atoms. The van der Waals surface area contributed by atoms with Gasteiger partial charge in [0, 0.05) is 78.5 Å². The Morgan fingerprint density at radius 1 is 0.300 bits per heavy atom. The maximum atomic E-state index is 12.3. The lowest BCUT2D eigenvalue weighted by Crippen LogP contribution is -2.47. The molecule has 0 unspecified atom stereocenters. The van der Waals surface area contributed by atoms with Crippen molar-refractivity contribution in [3.05, 3.63) is 0 Å². The molecule has 0 bridgehead atoms. The number of nitrogens with two attached hydrogens (primary N) is 3. The minimum absolute atomic E-state index is 0.0370. The van der Waals surface area contributed by atoms with Crippen LogP contribution in [0.25, 0.3) is 0 Å². The van der Waals surface area contributed by atoms with Gasteiger partial charge in [-0.1, -0.05) is 15.9 Å². The van der Waals surface area contributed by atoms with Crippen molar-refractivity contribution < 1.29 is 88.2 Å². The minimum atomic E-state index is -1.34. The molecule has 32 nitrogen and oxygen atoms in total. The number of carbonyl (C=O) groups excluding carboxylic acids is 6. The summed E-state index contributed by atoms with van der Waals surface area (Å²) in [6.07, 6.45) is 0. The van der Waals surface area contributed by atoms with Gasteiger partial charge in [-0.3, -0.25) is 82.0 Å². The van der Waals surface area contributed by atoms with Crippen molar-refractivity contribution in [1.29, 1.82) is 0 Å². The number of rotatable bonds is 39. The SMILES string of the molecule is CBr.NCC(=O)NCCN(CCNC(=O)CN)CCNC(=O)CN.O=C(O)CN(CC(=O)O)CC(=O)NCCN(CCNC(=O)CN(CC(=O)O)CC(=O)O)CCNC(=O)CN(CC(=O)O)CC(=O)O. The predicted octanol–water partition coefficient (Wildman–Crippen LogP) is -9.43. The number of hydrogen-bond donors (Lipinski definition) is 15. The van der Waals surface area contributed by atoms with Gasteiger partial charge in [0.15, 0.2) is 0 Å². The highest BCUT2D eigenvalue weighted by Gasteiger charge is 2.20. The van der Waals surface area contributed by atoms with Crippen molar-refractivity contribution in [2.75, 3.05) is 163 Å². The second-order valence-electron chi connectivity index (χ2n) is 14.2. The first-order valence-corrected chi connectivity index (χ1v) is 22.6. The molecule has 0 aromatic carbocycles. The molecule has 18 N–H and O–H groups in total. The molecule has 33 heteroatoms. The highest BCUT2D eigenvalue weighted by Crippen LogP contribution is 1.94. The molecule has 0 saturated carbocycles. The Morgan fingerprint density at radius 2 is 0.457 bits per heavy atom. The summed E-state index contributed by atoms with van der Waals surface area (Å²) in [4.78, 5) is 142. The Labute approximate surface area is 411 Å². The number of nitrogens with one attached hydrogen (secondary N) is 6. The lowest BCUT2D eigenvalue weighted by Gasteiger charge is -2.24. The van der Waals surface area contributed by atoms with Gasteiger partial charge in [0.1, 0.15) is 0 Å². The number of carboxylic acid groups (broad SMARTS) is 6. The van der Waals surface area contributed by atoms with Crippen LogP contribution in [0.3, 0.4) is 0 Å². The molecule has 0 rings (SSSR count). The fraction of sp³-hybridized carbons (Fsp3) is 0.676. The third-order valence-electron chi connectivity index (χ3n) is 8.31. The number of halogens is 1. The molecule has 70 heavy (non-hydrogen) atoms. The van der Waals surface area contributed by atoms with Gasteiger partial charge in [-0.2, -0.15) is 0 Å². The largest absolute Gasteiger partial charge is 0.480 e. The summed E-state index contributed by atoms with van der Waals surface area (Å²) in [5.74, 6) is -8.96. The number of aliphatic carboxylic acids is 6. The zero-order valence-electron chi connectivity index (χ0n) is 38.9. The second kappa shape index (κ2) is 42.9. The molecule has 0 aromatic rings. The van der Waals surface area contributed by atoms with E-state index >= 15 is 0 Å². The lowest BCUT2D eigenvalue weighted by atomic mass is 10.3. The van der Waals surface area contributed by atoms with E-state index in [4.69, 9.17) is 47.8 Å². The van der Waals surface area contributed by atoms with Gasteiger partial charge in [-0.25, -0.2) is 0 Å². The summed E-state index contributed by atoms with van der Waals surface area (Å²) >= 11 is 2.94. The average Bonchev–Trinajstić information content (AvgIpc) is 3.25. The number of hydrogen-bond acceptors (Lipinski definition) is 20. The van der Waals surface area contributed by atoms with Crippen LogP contribution >= 0.6 is 15.9 Å². The maximum Gasteiger partial charge on any atom is 0.317 e. The molecule has 0 atom stereocenters. The third kappa shape index (κ3) is 44.3. The zero-order valence-corrected chi connectivity index (χ0v) is 40.5. The molecule has 0 fully saturated rings. The normalized spacial score (nSPS) is 10.5. The third-order valence-corrected chi connectivity index (χ3v) is 8.31. The van der Waals surface area contributed by atoms with E-state index < -0.39 is 112 Å².